The molecule has 21 heavy (non-hydrogen) atoms. The molecule has 1 aromatic rings. The summed E-state index contributed by atoms with van der Waals surface area (Å²) < 4.78 is 0. The van der Waals surface area contributed by atoms with Crippen LogP contribution in [-0.2, 0) is 0 Å². The second-order valence-corrected chi connectivity index (χ2v) is 5.53. The lowest BCUT2D eigenvalue weighted by Gasteiger charge is -2.24. The molecule has 1 N–H and O–H groups in total. The summed E-state index contributed by atoms with van der Waals surface area (Å²) in [6.45, 7) is 3.90. The van der Waals surface area contributed by atoms with Crippen LogP contribution in [0, 0.1) is 10.1 Å². The number of nitrogens with zero attached hydrogens (tertiary/aromatic N) is 5. The third kappa shape index (κ3) is 2.63. The molecule has 3 heterocycles. The number of nitro groups is 1. The maximum absolute atomic E-state index is 11.3. The summed E-state index contributed by atoms with van der Waals surface area (Å²) in [6, 6.07) is 0.486. The first-order chi connectivity index (χ1) is 10.2. The first-order valence-corrected chi connectivity index (χ1v) is 7.37. The summed E-state index contributed by atoms with van der Waals surface area (Å²) in [4.78, 5) is 23.6. The number of anilines is 2. The van der Waals surface area contributed by atoms with E-state index in [0.29, 0.717) is 11.9 Å². The highest BCUT2D eigenvalue weighted by Gasteiger charge is 2.34. The molecular weight excluding hydrogens is 272 g/mol. The fourth-order valence-corrected chi connectivity index (χ4v) is 3.29. The molecule has 114 valence electrons. The van der Waals surface area contributed by atoms with Crippen LogP contribution in [0.1, 0.15) is 19.3 Å². The Morgan fingerprint density at radius 3 is 2.76 bits per heavy atom. The number of rotatable bonds is 4. The average Bonchev–Trinajstić information content (AvgIpc) is 3.16. The lowest BCUT2D eigenvalue weighted by Crippen LogP contribution is -2.35. The number of nitrogens with one attached hydrogen (secondary N) is 1. The molecule has 0 aliphatic carbocycles. The predicted molar refractivity (Wildman–Crippen MR) is 79.7 cm³/mol. The Morgan fingerprint density at radius 1 is 1.33 bits per heavy atom. The Morgan fingerprint density at radius 2 is 2.10 bits per heavy atom. The van der Waals surface area contributed by atoms with Crippen LogP contribution in [0.25, 0.3) is 0 Å². The Bertz CT molecular complexity index is 531. The van der Waals surface area contributed by atoms with Crippen LogP contribution in [0.5, 0.6) is 0 Å². The van der Waals surface area contributed by atoms with E-state index in [9.17, 15) is 10.1 Å². The van der Waals surface area contributed by atoms with Crippen molar-refractivity contribution >= 4 is 17.3 Å². The zero-order valence-corrected chi connectivity index (χ0v) is 12.2. The Kier molecular flexibility index (Phi) is 3.87. The van der Waals surface area contributed by atoms with Crippen molar-refractivity contribution in [1.82, 2.24) is 14.9 Å². The zero-order chi connectivity index (χ0) is 14.8. The van der Waals surface area contributed by atoms with Crippen molar-refractivity contribution in [2.45, 2.75) is 25.3 Å². The Balaban J connectivity index is 1.82. The van der Waals surface area contributed by atoms with E-state index in [1.165, 1.54) is 19.2 Å². The largest absolute Gasteiger partial charge is 0.367 e. The van der Waals surface area contributed by atoms with Gasteiger partial charge in [-0.15, -0.1) is 0 Å². The molecule has 8 heteroatoms. The molecule has 0 bridgehead atoms. The first-order valence-electron chi connectivity index (χ1n) is 7.37. The van der Waals surface area contributed by atoms with Crippen LogP contribution >= 0.6 is 0 Å². The number of hydrogen-bond acceptors (Lipinski definition) is 7. The van der Waals surface area contributed by atoms with Gasteiger partial charge in [-0.05, 0) is 32.4 Å². The topological polar surface area (TPSA) is 87.4 Å². The molecule has 2 aliphatic heterocycles. The Labute approximate surface area is 123 Å². The van der Waals surface area contributed by atoms with E-state index in [1.807, 2.05) is 4.90 Å². The van der Waals surface area contributed by atoms with E-state index in [-0.39, 0.29) is 11.5 Å². The van der Waals surface area contributed by atoms with Gasteiger partial charge in [-0.1, -0.05) is 0 Å². The molecule has 0 saturated carbocycles. The van der Waals surface area contributed by atoms with Gasteiger partial charge in [-0.25, -0.2) is 9.97 Å². The summed E-state index contributed by atoms with van der Waals surface area (Å²) >= 11 is 0. The maximum Gasteiger partial charge on any atom is 0.353 e. The normalized spacial score (nSPS) is 22.7. The van der Waals surface area contributed by atoms with Crippen molar-refractivity contribution in [2.24, 2.45) is 0 Å². The van der Waals surface area contributed by atoms with Gasteiger partial charge in [0.05, 0.1) is 4.92 Å². The average molecular weight is 292 g/mol. The molecular formula is C13H20N6O2. The van der Waals surface area contributed by atoms with Crippen molar-refractivity contribution in [1.29, 1.82) is 0 Å². The van der Waals surface area contributed by atoms with Crippen molar-refractivity contribution in [3.63, 3.8) is 0 Å². The highest BCUT2D eigenvalue weighted by molar-refractivity contribution is 5.70. The molecule has 2 fully saturated rings. The summed E-state index contributed by atoms with van der Waals surface area (Å²) in [5.41, 5.74) is -0.0259. The van der Waals surface area contributed by atoms with Gasteiger partial charge in [-0.2, -0.15) is 0 Å². The quantitative estimate of drug-likeness (QED) is 0.656. The van der Waals surface area contributed by atoms with Gasteiger partial charge in [0.15, 0.2) is 0 Å². The minimum atomic E-state index is -0.398. The molecule has 0 spiro atoms. The molecule has 0 radical (unpaired) electrons. The number of likely N-dealkylation sites (tertiary alicyclic amines) is 1. The van der Waals surface area contributed by atoms with Gasteiger partial charge in [0.2, 0.25) is 11.6 Å². The molecule has 3 rings (SSSR count). The SMILES string of the molecule is CNc1ncnc(N2CCC(N3CCCC3)C2)c1[N+](=O)[O-]. The zero-order valence-electron chi connectivity index (χ0n) is 12.2. The fourth-order valence-electron chi connectivity index (χ4n) is 3.29. The van der Waals surface area contributed by atoms with Crippen molar-refractivity contribution in [2.75, 3.05) is 43.4 Å². The summed E-state index contributed by atoms with van der Waals surface area (Å²) in [5.74, 6) is 0.704. The monoisotopic (exact) mass is 292 g/mol. The van der Waals surface area contributed by atoms with Crippen LogP contribution in [0.3, 0.4) is 0 Å². The molecule has 2 saturated heterocycles. The molecule has 1 unspecified atom stereocenters. The van der Waals surface area contributed by atoms with Crippen LogP contribution in [0.4, 0.5) is 17.3 Å². The van der Waals surface area contributed by atoms with Crippen molar-refractivity contribution < 1.29 is 4.92 Å². The van der Waals surface area contributed by atoms with Crippen LogP contribution < -0.4 is 10.2 Å². The van der Waals surface area contributed by atoms with E-state index in [4.69, 9.17) is 0 Å². The summed E-state index contributed by atoms with van der Waals surface area (Å²) in [6.07, 6.45) is 4.94. The second-order valence-electron chi connectivity index (χ2n) is 5.53. The van der Waals surface area contributed by atoms with E-state index in [1.54, 1.807) is 7.05 Å². The van der Waals surface area contributed by atoms with Gasteiger partial charge in [0.1, 0.15) is 6.33 Å². The van der Waals surface area contributed by atoms with Crippen LogP contribution in [0.2, 0.25) is 0 Å². The van der Waals surface area contributed by atoms with Crippen LogP contribution in [0.15, 0.2) is 6.33 Å². The lowest BCUT2D eigenvalue weighted by atomic mass is 10.2. The summed E-state index contributed by atoms with van der Waals surface area (Å²) in [7, 11) is 1.64. The molecule has 0 aromatic carbocycles. The van der Waals surface area contributed by atoms with E-state index < -0.39 is 4.92 Å². The van der Waals surface area contributed by atoms with E-state index in [2.05, 4.69) is 20.2 Å². The minimum absolute atomic E-state index is 0.0259. The highest BCUT2D eigenvalue weighted by Crippen LogP contribution is 2.34. The lowest BCUT2D eigenvalue weighted by molar-refractivity contribution is -0.383. The van der Waals surface area contributed by atoms with Gasteiger partial charge in [-0.3, -0.25) is 15.0 Å². The van der Waals surface area contributed by atoms with Crippen molar-refractivity contribution in [3.8, 4) is 0 Å². The van der Waals surface area contributed by atoms with Gasteiger partial charge < -0.3 is 10.2 Å². The minimum Gasteiger partial charge on any atom is -0.367 e. The third-order valence-corrected chi connectivity index (χ3v) is 4.34. The van der Waals surface area contributed by atoms with Crippen LogP contribution in [-0.4, -0.2) is 59.1 Å². The summed E-state index contributed by atoms with van der Waals surface area (Å²) in [5, 5.41) is 14.1. The second kappa shape index (κ2) is 5.80. The molecule has 0 amide bonds. The van der Waals surface area contributed by atoms with Gasteiger partial charge in [0.25, 0.3) is 0 Å². The predicted octanol–water partition coefficient (Wildman–Crippen LogP) is 1.10. The van der Waals surface area contributed by atoms with Gasteiger partial charge >= 0.3 is 5.69 Å². The number of hydrogen-bond donors (Lipinski definition) is 1. The highest BCUT2D eigenvalue weighted by atomic mass is 16.6. The van der Waals surface area contributed by atoms with Gasteiger partial charge in [0, 0.05) is 26.2 Å². The standard InChI is InChI=1S/C13H20N6O2/c1-14-12-11(19(20)21)13(16-9-15-12)18-7-4-10(8-18)17-5-2-3-6-17/h9-10H,2-8H2,1H3,(H,14,15,16). The number of aromatic nitrogens is 2. The molecule has 8 nitrogen and oxygen atoms in total. The van der Waals surface area contributed by atoms with Crippen molar-refractivity contribution in [3.05, 3.63) is 16.4 Å². The third-order valence-electron chi connectivity index (χ3n) is 4.34. The smallest absolute Gasteiger partial charge is 0.353 e. The Hall–Kier alpha value is -1.96. The first kappa shape index (κ1) is 14.0. The fraction of sp³-hybridized carbons (Fsp3) is 0.692. The maximum atomic E-state index is 11.3. The molecule has 2 aliphatic rings. The van der Waals surface area contributed by atoms with E-state index >= 15 is 0 Å². The molecule has 1 atom stereocenters. The van der Waals surface area contributed by atoms with E-state index in [0.717, 1.165) is 32.6 Å². The molecule has 1 aromatic heterocycles.